The SMILES string of the molecule is COc1ccc(C2=NN(C(=O)COc3ccccc3OC)C(c3ccco3)C2)cc1. The van der Waals surface area contributed by atoms with Gasteiger partial charge < -0.3 is 18.6 Å². The molecule has 0 saturated carbocycles. The maximum atomic E-state index is 13.0. The monoisotopic (exact) mass is 406 g/mol. The Morgan fingerprint density at radius 1 is 1.03 bits per heavy atom. The van der Waals surface area contributed by atoms with Gasteiger partial charge in [0.1, 0.15) is 17.6 Å². The van der Waals surface area contributed by atoms with Gasteiger partial charge in [-0.2, -0.15) is 5.10 Å². The van der Waals surface area contributed by atoms with E-state index >= 15 is 0 Å². The molecule has 0 fully saturated rings. The Hall–Kier alpha value is -3.74. The van der Waals surface area contributed by atoms with Crippen molar-refractivity contribution in [3.8, 4) is 17.2 Å². The first kappa shape index (κ1) is 19.6. The van der Waals surface area contributed by atoms with Crippen molar-refractivity contribution in [1.82, 2.24) is 5.01 Å². The molecule has 3 aromatic rings. The average Bonchev–Trinajstić information content (AvgIpc) is 3.47. The van der Waals surface area contributed by atoms with Gasteiger partial charge in [-0.25, -0.2) is 5.01 Å². The second-order valence-corrected chi connectivity index (χ2v) is 6.69. The number of hydrazone groups is 1. The topological polar surface area (TPSA) is 73.5 Å². The normalized spacial score (nSPS) is 15.6. The lowest BCUT2D eigenvalue weighted by Crippen LogP contribution is -2.31. The van der Waals surface area contributed by atoms with E-state index in [1.807, 2.05) is 42.5 Å². The molecule has 0 aliphatic carbocycles. The third-order valence-electron chi connectivity index (χ3n) is 4.88. The number of furan rings is 1. The van der Waals surface area contributed by atoms with Crippen LogP contribution < -0.4 is 14.2 Å². The molecule has 1 unspecified atom stereocenters. The first-order valence-electron chi connectivity index (χ1n) is 9.52. The minimum Gasteiger partial charge on any atom is -0.497 e. The zero-order valence-corrected chi connectivity index (χ0v) is 16.8. The minimum absolute atomic E-state index is 0.170. The largest absolute Gasteiger partial charge is 0.497 e. The summed E-state index contributed by atoms with van der Waals surface area (Å²) in [4.78, 5) is 13.0. The Labute approximate surface area is 174 Å². The molecule has 0 bridgehead atoms. The zero-order valence-electron chi connectivity index (χ0n) is 16.8. The van der Waals surface area contributed by atoms with Crippen LogP contribution in [-0.4, -0.2) is 37.5 Å². The van der Waals surface area contributed by atoms with E-state index in [0.717, 1.165) is 17.0 Å². The fourth-order valence-electron chi connectivity index (χ4n) is 3.34. The van der Waals surface area contributed by atoms with Crippen molar-refractivity contribution >= 4 is 11.6 Å². The second-order valence-electron chi connectivity index (χ2n) is 6.69. The van der Waals surface area contributed by atoms with E-state index in [-0.39, 0.29) is 18.6 Å². The highest BCUT2D eigenvalue weighted by Crippen LogP contribution is 2.34. The highest BCUT2D eigenvalue weighted by Gasteiger charge is 2.35. The van der Waals surface area contributed by atoms with Crippen LogP contribution in [0.15, 0.2) is 76.4 Å². The van der Waals surface area contributed by atoms with E-state index in [1.54, 1.807) is 38.7 Å². The van der Waals surface area contributed by atoms with Gasteiger partial charge in [-0.05, 0) is 54.1 Å². The van der Waals surface area contributed by atoms with Gasteiger partial charge in [0.25, 0.3) is 5.91 Å². The Bertz CT molecular complexity index is 1030. The predicted molar refractivity (Wildman–Crippen MR) is 111 cm³/mol. The molecule has 2 aromatic carbocycles. The van der Waals surface area contributed by atoms with E-state index in [2.05, 4.69) is 5.10 Å². The number of rotatable bonds is 7. The molecule has 0 radical (unpaired) electrons. The van der Waals surface area contributed by atoms with Crippen molar-refractivity contribution in [2.24, 2.45) is 5.10 Å². The van der Waals surface area contributed by atoms with Gasteiger partial charge in [0.2, 0.25) is 0 Å². The molecule has 0 spiro atoms. The average molecular weight is 406 g/mol. The van der Waals surface area contributed by atoms with Crippen LogP contribution in [0.2, 0.25) is 0 Å². The summed E-state index contributed by atoms with van der Waals surface area (Å²) in [5.41, 5.74) is 1.72. The predicted octanol–water partition coefficient (Wildman–Crippen LogP) is 4.05. The number of carbonyl (C=O) groups is 1. The molecule has 7 heteroatoms. The molecule has 0 N–H and O–H groups in total. The summed E-state index contributed by atoms with van der Waals surface area (Å²) in [5.74, 6) is 2.23. The van der Waals surface area contributed by atoms with Gasteiger partial charge in [0.15, 0.2) is 18.1 Å². The highest BCUT2D eigenvalue weighted by atomic mass is 16.5. The van der Waals surface area contributed by atoms with Gasteiger partial charge in [-0.3, -0.25) is 4.79 Å². The molecule has 0 saturated heterocycles. The summed E-state index contributed by atoms with van der Waals surface area (Å²) in [7, 11) is 3.18. The molecule has 1 aliphatic heterocycles. The summed E-state index contributed by atoms with van der Waals surface area (Å²) in [6.45, 7) is -0.170. The third kappa shape index (κ3) is 4.00. The molecule has 154 valence electrons. The first-order valence-corrected chi connectivity index (χ1v) is 9.52. The minimum atomic E-state index is -0.328. The number of nitrogens with zero attached hydrogens (tertiary/aromatic N) is 2. The van der Waals surface area contributed by atoms with Crippen molar-refractivity contribution < 1.29 is 23.4 Å². The molecule has 1 aromatic heterocycles. The summed E-state index contributed by atoms with van der Waals surface area (Å²) in [6.07, 6.45) is 2.13. The number of carbonyl (C=O) groups excluding carboxylic acids is 1. The van der Waals surface area contributed by atoms with Gasteiger partial charge in [-0.15, -0.1) is 0 Å². The van der Waals surface area contributed by atoms with E-state index in [4.69, 9.17) is 18.6 Å². The van der Waals surface area contributed by atoms with Crippen molar-refractivity contribution in [3.63, 3.8) is 0 Å². The Morgan fingerprint density at radius 2 is 1.80 bits per heavy atom. The van der Waals surface area contributed by atoms with Crippen LogP contribution in [0.5, 0.6) is 17.2 Å². The highest BCUT2D eigenvalue weighted by molar-refractivity contribution is 6.03. The summed E-state index contributed by atoms with van der Waals surface area (Å²) in [5, 5.41) is 6.03. The number of methoxy groups -OCH3 is 2. The molecule has 30 heavy (non-hydrogen) atoms. The molecule has 1 amide bonds. The lowest BCUT2D eigenvalue weighted by molar-refractivity contribution is -0.135. The van der Waals surface area contributed by atoms with Gasteiger partial charge in [0.05, 0.1) is 26.2 Å². The van der Waals surface area contributed by atoms with E-state index < -0.39 is 0 Å². The van der Waals surface area contributed by atoms with Crippen LogP contribution in [0.25, 0.3) is 0 Å². The molecule has 4 rings (SSSR count). The van der Waals surface area contributed by atoms with Crippen LogP contribution >= 0.6 is 0 Å². The van der Waals surface area contributed by atoms with Gasteiger partial charge in [-0.1, -0.05) is 12.1 Å². The van der Waals surface area contributed by atoms with Crippen molar-refractivity contribution in [3.05, 3.63) is 78.3 Å². The van der Waals surface area contributed by atoms with E-state index in [0.29, 0.717) is 23.7 Å². The van der Waals surface area contributed by atoms with Crippen LogP contribution in [0.4, 0.5) is 0 Å². The maximum Gasteiger partial charge on any atom is 0.281 e. The van der Waals surface area contributed by atoms with Crippen molar-refractivity contribution in [2.75, 3.05) is 20.8 Å². The van der Waals surface area contributed by atoms with Crippen LogP contribution in [0.3, 0.4) is 0 Å². The number of amides is 1. The summed E-state index contributed by atoms with van der Waals surface area (Å²) < 4.78 is 21.8. The van der Waals surface area contributed by atoms with Crippen LogP contribution in [0, 0.1) is 0 Å². The molecular weight excluding hydrogens is 384 g/mol. The molecule has 7 nitrogen and oxygen atoms in total. The molecule has 1 aliphatic rings. The lowest BCUT2D eigenvalue weighted by Gasteiger charge is -2.20. The number of para-hydroxylation sites is 2. The summed E-state index contributed by atoms with van der Waals surface area (Å²) in [6, 6.07) is 18.1. The van der Waals surface area contributed by atoms with Crippen molar-refractivity contribution in [2.45, 2.75) is 12.5 Å². The second kappa shape index (κ2) is 8.73. The Balaban J connectivity index is 1.55. The number of ether oxygens (including phenoxy) is 3. The van der Waals surface area contributed by atoms with Crippen LogP contribution in [-0.2, 0) is 4.79 Å². The standard InChI is InChI=1S/C23H22N2O5/c1-27-17-11-9-16(10-12-17)18-14-19(20-8-5-13-29-20)25(24-18)23(26)15-30-22-7-4-3-6-21(22)28-2/h3-13,19H,14-15H2,1-2H3. The number of benzene rings is 2. The fraction of sp³-hybridized carbons (Fsp3) is 0.217. The first-order chi connectivity index (χ1) is 14.7. The number of hydrogen-bond acceptors (Lipinski definition) is 6. The fourth-order valence-corrected chi connectivity index (χ4v) is 3.34. The molecule has 2 heterocycles. The molecule has 1 atom stereocenters. The lowest BCUT2D eigenvalue weighted by atomic mass is 10.0. The van der Waals surface area contributed by atoms with E-state index in [9.17, 15) is 4.79 Å². The zero-order chi connectivity index (χ0) is 20.9. The van der Waals surface area contributed by atoms with Gasteiger partial charge in [0, 0.05) is 6.42 Å². The van der Waals surface area contributed by atoms with Crippen LogP contribution in [0.1, 0.15) is 23.8 Å². The third-order valence-corrected chi connectivity index (χ3v) is 4.88. The summed E-state index contributed by atoms with van der Waals surface area (Å²) >= 11 is 0. The smallest absolute Gasteiger partial charge is 0.281 e. The quantitative estimate of drug-likeness (QED) is 0.592. The van der Waals surface area contributed by atoms with E-state index in [1.165, 1.54) is 5.01 Å². The Kier molecular flexibility index (Phi) is 5.70. The number of hydrogen-bond donors (Lipinski definition) is 0. The molecular formula is C23H22N2O5. The Morgan fingerprint density at radius 3 is 2.47 bits per heavy atom. The van der Waals surface area contributed by atoms with Crippen molar-refractivity contribution in [1.29, 1.82) is 0 Å². The van der Waals surface area contributed by atoms with Gasteiger partial charge >= 0.3 is 0 Å². The maximum absolute atomic E-state index is 13.0.